The standard InChI is InChI=1S/C14H24N4O/c1-3-6-16-13(11-5-4-7-17-14(11)15)12-10-18(2)8-9-19-12/h4-5,7,12-13,16H,3,6,8-10H2,1-2H3,(H2,15,17). The van der Waals surface area contributed by atoms with Gasteiger partial charge in [0.05, 0.1) is 18.8 Å². The molecule has 0 bridgehead atoms. The van der Waals surface area contributed by atoms with Crippen molar-refractivity contribution >= 4 is 5.82 Å². The first-order chi connectivity index (χ1) is 9.22. The van der Waals surface area contributed by atoms with Gasteiger partial charge in [0.2, 0.25) is 0 Å². The van der Waals surface area contributed by atoms with Crippen LogP contribution in [0, 0.1) is 0 Å². The molecular weight excluding hydrogens is 240 g/mol. The maximum atomic E-state index is 6.01. The summed E-state index contributed by atoms with van der Waals surface area (Å²) in [5.41, 5.74) is 7.05. The number of nitrogens with two attached hydrogens (primary N) is 1. The zero-order chi connectivity index (χ0) is 13.7. The Hall–Kier alpha value is -1.17. The van der Waals surface area contributed by atoms with Gasteiger partial charge in [0.25, 0.3) is 0 Å². The molecule has 0 radical (unpaired) electrons. The maximum absolute atomic E-state index is 6.01. The Morgan fingerprint density at radius 3 is 3.16 bits per heavy atom. The predicted molar refractivity (Wildman–Crippen MR) is 76.9 cm³/mol. The molecule has 0 aromatic carbocycles. The lowest BCUT2D eigenvalue weighted by Crippen LogP contribution is -2.47. The van der Waals surface area contributed by atoms with Crippen molar-refractivity contribution in [2.24, 2.45) is 0 Å². The van der Waals surface area contributed by atoms with E-state index in [0.29, 0.717) is 5.82 Å². The normalized spacial score (nSPS) is 22.3. The maximum Gasteiger partial charge on any atom is 0.128 e. The summed E-state index contributed by atoms with van der Waals surface area (Å²) in [5.74, 6) is 0.591. The molecule has 1 aromatic rings. The minimum atomic E-state index is 0.108. The summed E-state index contributed by atoms with van der Waals surface area (Å²) in [6, 6.07) is 4.07. The van der Waals surface area contributed by atoms with Crippen molar-refractivity contribution in [3.05, 3.63) is 23.9 Å². The van der Waals surface area contributed by atoms with Crippen LogP contribution < -0.4 is 11.1 Å². The molecule has 0 amide bonds. The number of aromatic nitrogens is 1. The minimum Gasteiger partial charge on any atom is -0.383 e. The zero-order valence-electron chi connectivity index (χ0n) is 11.8. The number of pyridine rings is 1. The highest BCUT2D eigenvalue weighted by molar-refractivity contribution is 5.41. The van der Waals surface area contributed by atoms with Gasteiger partial charge in [-0.3, -0.25) is 0 Å². The molecule has 1 aliphatic rings. The number of hydrogen-bond donors (Lipinski definition) is 2. The van der Waals surface area contributed by atoms with Gasteiger partial charge in [0, 0.05) is 24.8 Å². The molecule has 1 saturated heterocycles. The number of hydrogen-bond acceptors (Lipinski definition) is 5. The topological polar surface area (TPSA) is 63.4 Å². The van der Waals surface area contributed by atoms with Crippen molar-refractivity contribution in [3.63, 3.8) is 0 Å². The van der Waals surface area contributed by atoms with Crippen LogP contribution in [-0.2, 0) is 4.74 Å². The van der Waals surface area contributed by atoms with Crippen LogP contribution in [0.5, 0.6) is 0 Å². The average Bonchev–Trinajstić information content (AvgIpc) is 2.41. The number of ether oxygens (including phenoxy) is 1. The molecule has 1 fully saturated rings. The molecule has 5 nitrogen and oxygen atoms in total. The van der Waals surface area contributed by atoms with E-state index in [2.05, 4.69) is 29.2 Å². The summed E-state index contributed by atoms with van der Waals surface area (Å²) in [5, 5.41) is 3.55. The number of nitrogens with one attached hydrogen (secondary N) is 1. The first kappa shape index (κ1) is 14.2. The lowest BCUT2D eigenvalue weighted by molar-refractivity contribution is -0.0391. The van der Waals surface area contributed by atoms with Crippen LogP contribution in [0.25, 0.3) is 0 Å². The van der Waals surface area contributed by atoms with E-state index in [4.69, 9.17) is 10.5 Å². The number of anilines is 1. The van der Waals surface area contributed by atoms with Gasteiger partial charge < -0.3 is 20.7 Å². The molecule has 0 spiro atoms. The summed E-state index contributed by atoms with van der Waals surface area (Å²) in [6.07, 6.45) is 2.93. The highest BCUT2D eigenvalue weighted by atomic mass is 16.5. The van der Waals surface area contributed by atoms with Gasteiger partial charge in [0.15, 0.2) is 0 Å². The van der Waals surface area contributed by atoms with Gasteiger partial charge in [-0.05, 0) is 26.1 Å². The average molecular weight is 264 g/mol. The Morgan fingerprint density at radius 1 is 1.63 bits per heavy atom. The molecule has 0 saturated carbocycles. The summed E-state index contributed by atoms with van der Waals surface area (Å²) < 4.78 is 5.93. The lowest BCUT2D eigenvalue weighted by Gasteiger charge is -2.36. The van der Waals surface area contributed by atoms with E-state index in [1.54, 1.807) is 6.20 Å². The Labute approximate surface area is 115 Å². The van der Waals surface area contributed by atoms with Gasteiger partial charge in [-0.1, -0.05) is 13.0 Å². The molecule has 106 valence electrons. The second-order valence-electron chi connectivity index (χ2n) is 5.08. The van der Waals surface area contributed by atoms with Crippen LogP contribution >= 0.6 is 0 Å². The van der Waals surface area contributed by atoms with Gasteiger partial charge in [-0.25, -0.2) is 4.98 Å². The number of rotatable bonds is 5. The molecule has 2 atom stereocenters. The predicted octanol–water partition coefficient (Wildman–Crippen LogP) is 1.04. The molecule has 0 aliphatic carbocycles. The molecule has 1 aliphatic heterocycles. The van der Waals surface area contributed by atoms with Crippen molar-refractivity contribution < 1.29 is 4.74 Å². The molecule has 2 rings (SSSR count). The van der Waals surface area contributed by atoms with Crippen LogP contribution in [0.15, 0.2) is 18.3 Å². The second-order valence-corrected chi connectivity index (χ2v) is 5.08. The van der Waals surface area contributed by atoms with E-state index in [1.165, 1.54) is 0 Å². The first-order valence-electron chi connectivity index (χ1n) is 6.96. The summed E-state index contributed by atoms with van der Waals surface area (Å²) in [4.78, 5) is 6.48. The molecule has 19 heavy (non-hydrogen) atoms. The molecular formula is C14H24N4O. The van der Waals surface area contributed by atoms with Crippen molar-refractivity contribution in [1.82, 2.24) is 15.2 Å². The molecule has 3 N–H and O–H groups in total. The van der Waals surface area contributed by atoms with Gasteiger partial charge in [-0.15, -0.1) is 0 Å². The van der Waals surface area contributed by atoms with Crippen LogP contribution in [-0.4, -0.2) is 49.3 Å². The molecule has 1 aromatic heterocycles. The summed E-state index contributed by atoms with van der Waals surface area (Å²) >= 11 is 0. The van der Waals surface area contributed by atoms with Crippen LogP contribution in [0.1, 0.15) is 24.9 Å². The van der Waals surface area contributed by atoms with Gasteiger partial charge in [-0.2, -0.15) is 0 Å². The SMILES string of the molecule is CCCNC(c1cccnc1N)C1CN(C)CCO1. The smallest absolute Gasteiger partial charge is 0.128 e. The highest BCUT2D eigenvalue weighted by Gasteiger charge is 2.29. The third-order valence-electron chi connectivity index (χ3n) is 3.49. The van der Waals surface area contributed by atoms with E-state index in [9.17, 15) is 0 Å². The molecule has 2 unspecified atom stereocenters. The fraction of sp³-hybridized carbons (Fsp3) is 0.643. The number of likely N-dealkylation sites (N-methyl/N-ethyl adjacent to an activating group) is 1. The van der Waals surface area contributed by atoms with Crippen molar-refractivity contribution in [2.45, 2.75) is 25.5 Å². The molecule has 2 heterocycles. The van der Waals surface area contributed by atoms with E-state index in [0.717, 1.165) is 38.2 Å². The number of nitrogen functional groups attached to an aromatic ring is 1. The lowest BCUT2D eigenvalue weighted by atomic mass is 10.0. The second kappa shape index (κ2) is 6.84. The van der Waals surface area contributed by atoms with Crippen LogP contribution in [0.2, 0.25) is 0 Å². The van der Waals surface area contributed by atoms with Crippen molar-refractivity contribution in [3.8, 4) is 0 Å². The van der Waals surface area contributed by atoms with E-state index >= 15 is 0 Å². The minimum absolute atomic E-state index is 0.108. The van der Waals surface area contributed by atoms with Gasteiger partial charge in [0.1, 0.15) is 5.82 Å². The zero-order valence-corrected chi connectivity index (χ0v) is 11.8. The summed E-state index contributed by atoms with van der Waals surface area (Å²) in [7, 11) is 2.12. The Bertz CT molecular complexity index is 399. The van der Waals surface area contributed by atoms with E-state index < -0.39 is 0 Å². The fourth-order valence-electron chi connectivity index (χ4n) is 2.45. The largest absolute Gasteiger partial charge is 0.383 e. The first-order valence-corrected chi connectivity index (χ1v) is 6.96. The Balaban J connectivity index is 2.17. The van der Waals surface area contributed by atoms with Gasteiger partial charge >= 0.3 is 0 Å². The quantitative estimate of drug-likeness (QED) is 0.832. The molecule has 5 heteroatoms. The highest BCUT2D eigenvalue weighted by Crippen LogP contribution is 2.25. The third kappa shape index (κ3) is 3.65. The van der Waals surface area contributed by atoms with E-state index in [1.807, 2.05) is 12.1 Å². The Morgan fingerprint density at radius 2 is 2.47 bits per heavy atom. The van der Waals surface area contributed by atoms with Crippen LogP contribution in [0.4, 0.5) is 5.82 Å². The monoisotopic (exact) mass is 264 g/mol. The van der Waals surface area contributed by atoms with Crippen molar-refractivity contribution in [1.29, 1.82) is 0 Å². The Kier molecular flexibility index (Phi) is 5.13. The van der Waals surface area contributed by atoms with Crippen LogP contribution in [0.3, 0.4) is 0 Å². The van der Waals surface area contributed by atoms with Crippen molar-refractivity contribution in [2.75, 3.05) is 39.0 Å². The third-order valence-corrected chi connectivity index (χ3v) is 3.49. The summed E-state index contributed by atoms with van der Waals surface area (Å²) in [6.45, 7) is 5.77. The number of morpholine rings is 1. The number of nitrogens with zero attached hydrogens (tertiary/aromatic N) is 2. The fourth-order valence-corrected chi connectivity index (χ4v) is 2.45. The van der Waals surface area contributed by atoms with E-state index in [-0.39, 0.29) is 12.1 Å².